The average molecular weight is 485 g/mol. The molecule has 0 bridgehead atoms. The summed E-state index contributed by atoms with van der Waals surface area (Å²) in [5.41, 5.74) is 1.56. The Kier molecular flexibility index (Phi) is 7.46. The number of hydrogen-bond acceptors (Lipinski definition) is 7. The summed E-state index contributed by atoms with van der Waals surface area (Å²) in [7, 11) is 3.15. The molecule has 10 heteroatoms. The lowest BCUT2D eigenvalue weighted by Gasteiger charge is -2.19. The number of esters is 1. The van der Waals surface area contributed by atoms with E-state index in [1.165, 1.54) is 13.2 Å². The Hall–Kier alpha value is -3.40. The minimum Gasteiger partial charge on any atom is -0.492 e. The van der Waals surface area contributed by atoms with E-state index in [1.54, 1.807) is 31.7 Å². The number of hydrogen-bond donors (Lipinski definition) is 0. The summed E-state index contributed by atoms with van der Waals surface area (Å²) < 4.78 is 14.2. The first-order valence-electron chi connectivity index (χ1n) is 11.2. The maximum Gasteiger partial charge on any atom is 0.343 e. The van der Waals surface area contributed by atoms with Gasteiger partial charge in [0.2, 0.25) is 5.91 Å². The number of fused-ring (bicyclic) bond motifs is 1. The standard InChI is InChI=1S/C24H28N4O5S/c1-26-16-17(15-25-26)5-6-21(29)27-9-7-19-23(24(31)32-2)20(14-22(30)28(19)11-10-27)33-12-8-18-4-3-13-34-18/h3-4,13-16H,5-12H2,1-2H3. The Labute approximate surface area is 201 Å². The second-order valence-corrected chi connectivity index (χ2v) is 9.17. The third kappa shape index (κ3) is 5.39. The molecule has 0 unspecified atom stereocenters. The van der Waals surface area contributed by atoms with Crippen molar-refractivity contribution >= 4 is 23.2 Å². The van der Waals surface area contributed by atoms with Crippen LogP contribution in [0.15, 0.2) is 40.8 Å². The Morgan fingerprint density at radius 2 is 2.06 bits per heavy atom. The first-order valence-corrected chi connectivity index (χ1v) is 12.1. The van der Waals surface area contributed by atoms with Crippen molar-refractivity contribution in [3.8, 4) is 5.75 Å². The van der Waals surface area contributed by atoms with Gasteiger partial charge in [0.15, 0.2) is 0 Å². The topological polar surface area (TPSA) is 95.7 Å². The highest BCUT2D eigenvalue weighted by Gasteiger charge is 2.27. The van der Waals surface area contributed by atoms with Crippen LogP contribution in [0.1, 0.15) is 32.9 Å². The van der Waals surface area contributed by atoms with Gasteiger partial charge >= 0.3 is 5.97 Å². The summed E-state index contributed by atoms with van der Waals surface area (Å²) in [4.78, 5) is 41.4. The molecule has 3 aromatic heterocycles. The van der Waals surface area contributed by atoms with Crippen molar-refractivity contribution in [1.29, 1.82) is 0 Å². The fourth-order valence-electron chi connectivity index (χ4n) is 4.16. The molecular formula is C24H28N4O5S. The lowest BCUT2D eigenvalue weighted by atomic mass is 10.1. The zero-order valence-corrected chi connectivity index (χ0v) is 20.2. The number of aromatic nitrogens is 3. The van der Waals surface area contributed by atoms with Crippen molar-refractivity contribution in [2.45, 2.75) is 32.2 Å². The molecule has 1 aliphatic heterocycles. The van der Waals surface area contributed by atoms with E-state index in [1.807, 2.05) is 30.8 Å². The largest absolute Gasteiger partial charge is 0.492 e. The van der Waals surface area contributed by atoms with Crippen LogP contribution in [-0.2, 0) is 42.4 Å². The highest BCUT2D eigenvalue weighted by atomic mass is 32.1. The normalized spacial score (nSPS) is 13.3. The van der Waals surface area contributed by atoms with Crippen LogP contribution in [0.2, 0.25) is 0 Å². The maximum atomic E-state index is 12.9. The molecule has 4 heterocycles. The highest BCUT2D eigenvalue weighted by molar-refractivity contribution is 7.09. The van der Waals surface area contributed by atoms with E-state index < -0.39 is 5.97 Å². The third-order valence-corrected chi connectivity index (χ3v) is 6.84. The van der Waals surface area contributed by atoms with Gasteiger partial charge in [-0.15, -0.1) is 11.3 Å². The lowest BCUT2D eigenvalue weighted by Crippen LogP contribution is -2.34. The molecule has 0 spiro atoms. The molecule has 0 atom stereocenters. The van der Waals surface area contributed by atoms with Crippen molar-refractivity contribution in [3.05, 3.63) is 68.0 Å². The number of thiophene rings is 1. The van der Waals surface area contributed by atoms with Crippen LogP contribution in [0.4, 0.5) is 0 Å². The van der Waals surface area contributed by atoms with Crippen molar-refractivity contribution in [2.75, 3.05) is 26.8 Å². The van der Waals surface area contributed by atoms with Crippen LogP contribution in [0.25, 0.3) is 0 Å². The predicted octanol–water partition coefficient (Wildman–Crippen LogP) is 2.07. The second kappa shape index (κ2) is 10.7. The zero-order valence-electron chi connectivity index (χ0n) is 19.4. The van der Waals surface area contributed by atoms with E-state index in [-0.39, 0.29) is 22.8 Å². The fourth-order valence-corrected chi connectivity index (χ4v) is 4.85. The number of amides is 1. The lowest BCUT2D eigenvalue weighted by molar-refractivity contribution is -0.131. The molecule has 4 rings (SSSR count). The van der Waals surface area contributed by atoms with E-state index in [0.29, 0.717) is 57.6 Å². The molecule has 0 saturated carbocycles. The van der Waals surface area contributed by atoms with Gasteiger partial charge in [0.25, 0.3) is 5.56 Å². The molecule has 180 valence electrons. The molecule has 0 saturated heterocycles. The summed E-state index contributed by atoms with van der Waals surface area (Å²) in [6.45, 7) is 1.46. The van der Waals surface area contributed by atoms with Gasteiger partial charge in [-0.25, -0.2) is 4.79 Å². The quantitative estimate of drug-likeness (QED) is 0.454. The van der Waals surface area contributed by atoms with E-state index in [9.17, 15) is 14.4 Å². The van der Waals surface area contributed by atoms with E-state index >= 15 is 0 Å². The molecule has 1 aliphatic rings. The summed E-state index contributed by atoms with van der Waals surface area (Å²) in [5, 5.41) is 6.13. The number of pyridine rings is 1. The van der Waals surface area contributed by atoms with Crippen LogP contribution >= 0.6 is 11.3 Å². The molecule has 0 radical (unpaired) electrons. The molecule has 0 aliphatic carbocycles. The Morgan fingerprint density at radius 1 is 1.21 bits per heavy atom. The van der Waals surface area contributed by atoms with Crippen molar-refractivity contribution in [1.82, 2.24) is 19.2 Å². The Bertz CT molecular complexity index is 1210. The molecule has 34 heavy (non-hydrogen) atoms. The van der Waals surface area contributed by atoms with Crippen LogP contribution < -0.4 is 10.3 Å². The first kappa shape index (κ1) is 23.7. The minimum absolute atomic E-state index is 0.0109. The number of ether oxygens (including phenoxy) is 2. The van der Waals surface area contributed by atoms with E-state index in [0.717, 1.165) is 10.4 Å². The fraction of sp³-hybridized carbons (Fsp3) is 0.417. The summed E-state index contributed by atoms with van der Waals surface area (Å²) >= 11 is 1.63. The van der Waals surface area contributed by atoms with E-state index in [2.05, 4.69) is 5.10 Å². The Morgan fingerprint density at radius 3 is 2.76 bits per heavy atom. The van der Waals surface area contributed by atoms with Crippen molar-refractivity contribution in [3.63, 3.8) is 0 Å². The van der Waals surface area contributed by atoms with Gasteiger partial charge in [-0.1, -0.05) is 6.07 Å². The molecule has 9 nitrogen and oxygen atoms in total. The monoisotopic (exact) mass is 484 g/mol. The molecule has 1 amide bonds. The van der Waals surface area contributed by atoms with Crippen LogP contribution in [0, 0.1) is 0 Å². The smallest absolute Gasteiger partial charge is 0.343 e. The van der Waals surface area contributed by atoms with Gasteiger partial charge in [0.05, 0.1) is 19.9 Å². The Balaban J connectivity index is 1.50. The van der Waals surface area contributed by atoms with Gasteiger partial charge in [-0.3, -0.25) is 14.3 Å². The minimum atomic E-state index is -0.550. The molecule has 3 aromatic rings. The molecule has 0 aromatic carbocycles. The second-order valence-electron chi connectivity index (χ2n) is 8.14. The number of methoxy groups -OCH3 is 1. The van der Waals surface area contributed by atoms with Crippen LogP contribution in [0.3, 0.4) is 0 Å². The van der Waals surface area contributed by atoms with Crippen molar-refractivity contribution < 1.29 is 19.1 Å². The van der Waals surface area contributed by atoms with Crippen LogP contribution in [-0.4, -0.2) is 57.9 Å². The van der Waals surface area contributed by atoms with Gasteiger partial charge < -0.3 is 18.9 Å². The average Bonchev–Trinajstić information content (AvgIpc) is 3.44. The van der Waals surface area contributed by atoms with Crippen molar-refractivity contribution in [2.24, 2.45) is 7.05 Å². The number of nitrogens with zero attached hydrogens (tertiary/aromatic N) is 4. The van der Waals surface area contributed by atoms with Gasteiger partial charge in [-0.05, 0) is 23.4 Å². The van der Waals surface area contributed by atoms with Gasteiger partial charge in [-0.2, -0.15) is 5.10 Å². The first-order chi connectivity index (χ1) is 16.5. The molecular weight excluding hydrogens is 456 g/mol. The van der Waals surface area contributed by atoms with Gasteiger partial charge in [0, 0.05) is 68.8 Å². The maximum absolute atomic E-state index is 12.9. The summed E-state index contributed by atoms with van der Waals surface area (Å²) in [5.74, 6) is -0.306. The number of carbonyl (C=O) groups is 2. The number of carbonyl (C=O) groups excluding carboxylic acids is 2. The third-order valence-electron chi connectivity index (χ3n) is 5.91. The van der Waals surface area contributed by atoms with Gasteiger partial charge in [0.1, 0.15) is 11.3 Å². The molecule has 0 N–H and O–H groups in total. The number of aryl methyl sites for hydroxylation is 2. The summed E-state index contributed by atoms with van der Waals surface area (Å²) in [6.07, 6.45) is 5.65. The SMILES string of the molecule is COC(=O)c1c(OCCc2cccs2)cc(=O)n2c1CCN(C(=O)CCc1cnn(C)c1)CC2. The zero-order chi connectivity index (χ0) is 24.1. The predicted molar refractivity (Wildman–Crippen MR) is 127 cm³/mol. The summed E-state index contributed by atoms with van der Waals surface area (Å²) in [6, 6.07) is 5.34. The number of rotatable bonds is 8. The van der Waals surface area contributed by atoms with Crippen LogP contribution in [0.5, 0.6) is 5.75 Å². The molecule has 0 fully saturated rings. The van der Waals surface area contributed by atoms with E-state index in [4.69, 9.17) is 9.47 Å². The highest BCUT2D eigenvalue weighted by Crippen LogP contribution is 2.25.